The van der Waals surface area contributed by atoms with Crippen LogP contribution in [0.5, 0.6) is 5.75 Å². The number of ether oxygens (including phenoxy) is 1. The van der Waals surface area contributed by atoms with Crippen molar-refractivity contribution in [3.8, 4) is 5.75 Å². The Hall–Kier alpha value is -2.61. The van der Waals surface area contributed by atoms with Gasteiger partial charge in [0.25, 0.3) is 0 Å². The number of alkyl halides is 2. The normalized spacial score (nSPS) is 13.4. The Morgan fingerprint density at radius 2 is 2.00 bits per heavy atom. The zero-order chi connectivity index (χ0) is 17.5. The highest BCUT2D eigenvalue weighted by atomic mass is 19.3. The lowest BCUT2D eigenvalue weighted by Gasteiger charge is -2.17. The minimum atomic E-state index is -2.89. The molecule has 0 radical (unpaired) electrons. The second-order valence-electron chi connectivity index (χ2n) is 5.17. The first-order valence-corrected chi connectivity index (χ1v) is 7.28. The second-order valence-corrected chi connectivity index (χ2v) is 5.17. The predicted octanol–water partition coefficient (Wildman–Crippen LogP) is 3.51. The van der Waals surface area contributed by atoms with Crippen LogP contribution in [0, 0.1) is 0 Å². The van der Waals surface area contributed by atoms with Crippen molar-refractivity contribution in [3.63, 3.8) is 0 Å². The molecule has 2 atom stereocenters. The van der Waals surface area contributed by atoms with Crippen molar-refractivity contribution in [1.29, 1.82) is 0 Å². The number of anilines is 1. The van der Waals surface area contributed by atoms with Gasteiger partial charge in [-0.3, -0.25) is 0 Å². The summed E-state index contributed by atoms with van der Waals surface area (Å²) in [6.45, 7) is -1.15. The summed E-state index contributed by atoms with van der Waals surface area (Å²) < 4.78 is 33.4. The number of nitrogens with one attached hydrogen (secondary N) is 2. The van der Waals surface area contributed by atoms with Crippen LogP contribution in [0.4, 0.5) is 19.3 Å². The number of rotatable bonds is 7. The van der Waals surface area contributed by atoms with E-state index in [1.54, 1.807) is 19.1 Å². The lowest BCUT2D eigenvalue weighted by molar-refractivity contribution is -0.0498. The molecule has 0 unspecified atom stereocenters. The third kappa shape index (κ3) is 5.54. The van der Waals surface area contributed by atoms with Crippen LogP contribution in [-0.2, 0) is 0 Å². The molecule has 1 aromatic carbocycles. The van der Waals surface area contributed by atoms with Crippen LogP contribution in [0.15, 0.2) is 47.1 Å². The van der Waals surface area contributed by atoms with Gasteiger partial charge in [0.2, 0.25) is 0 Å². The van der Waals surface area contributed by atoms with Crippen molar-refractivity contribution in [1.82, 2.24) is 5.32 Å². The summed E-state index contributed by atoms with van der Waals surface area (Å²) in [6, 6.07) is 8.07. The first-order chi connectivity index (χ1) is 11.4. The van der Waals surface area contributed by atoms with Gasteiger partial charge in [-0.1, -0.05) is 0 Å². The van der Waals surface area contributed by atoms with Crippen LogP contribution in [-0.4, -0.2) is 23.8 Å². The molecular formula is C16H18F2N2O4. The van der Waals surface area contributed by atoms with Gasteiger partial charge >= 0.3 is 12.6 Å². The fourth-order valence-electron chi connectivity index (χ4n) is 2.10. The van der Waals surface area contributed by atoms with Gasteiger partial charge in [-0.25, -0.2) is 4.79 Å². The van der Waals surface area contributed by atoms with Crippen LogP contribution < -0.4 is 15.4 Å². The lowest BCUT2D eigenvalue weighted by atomic mass is 10.1. The molecule has 3 N–H and O–H groups in total. The summed E-state index contributed by atoms with van der Waals surface area (Å²) >= 11 is 0. The molecule has 8 heteroatoms. The van der Waals surface area contributed by atoms with E-state index in [-0.39, 0.29) is 18.2 Å². The summed E-state index contributed by atoms with van der Waals surface area (Å²) in [5, 5.41) is 15.2. The van der Waals surface area contributed by atoms with Gasteiger partial charge in [0, 0.05) is 18.2 Å². The van der Waals surface area contributed by atoms with Crippen LogP contribution in [0.3, 0.4) is 0 Å². The molecule has 130 valence electrons. The maximum Gasteiger partial charge on any atom is 0.387 e. The molecule has 0 bridgehead atoms. The number of carbonyl (C=O) groups excluding carboxylic acids is 1. The number of benzene rings is 1. The molecule has 0 aliphatic heterocycles. The van der Waals surface area contributed by atoms with E-state index in [0.717, 1.165) is 0 Å². The highest BCUT2D eigenvalue weighted by Gasteiger charge is 2.16. The fraction of sp³-hybridized carbons (Fsp3) is 0.312. The number of aliphatic hydroxyl groups is 1. The van der Waals surface area contributed by atoms with Crippen molar-refractivity contribution < 1.29 is 27.8 Å². The van der Waals surface area contributed by atoms with E-state index in [0.29, 0.717) is 11.4 Å². The van der Waals surface area contributed by atoms with Crippen molar-refractivity contribution in [3.05, 3.63) is 48.4 Å². The molecule has 6 nitrogen and oxygen atoms in total. The molecule has 0 saturated heterocycles. The zero-order valence-electron chi connectivity index (χ0n) is 12.9. The molecular weight excluding hydrogens is 322 g/mol. The quantitative estimate of drug-likeness (QED) is 0.720. The van der Waals surface area contributed by atoms with Gasteiger partial charge in [-0.2, -0.15) is 8.78 Å². The van der Waals surface area contributed by atoms with E-state index in [1.807, 2.05) is 0 Å². The second kappa shape index (κ2) is 8.30. The maximum absolute atomic E-state index is 12.1. The zero-order valence-corrected chi connectivity index (χ0v) is 12.9. The highest BCUT2D eigenvalue weighted by Crippen LogP contribution is 2.19. The number of halogens is 2. The largest absolute Gasteiger partial charge is 0.467 e. The molecule has 0 aliphatic carbocycles. The molecule has 0 saturated carbocycles. The first-order valence-electron chi connectivity index (χ1n) is 7.28. The minimum Gasteiger partial charge on any atom is -0.467 e. The van der Waals surface area contributed by atoms with E-state index >= 15 is 0 Å². The van der Waals surface area contributed by atoms with Gasteiger partial charge in [0.15, 0.2) is 0 Å². The average molecular weight is 340 g/mol. The van der Waals surface area contributed by atoms with E-state index in [1.165, 1.54) is 30.5 Å². The third-order valence-corrected chi connectivity index (χ3v) is 3.16. The number of hydrogen-bond acceptors (Lipinski definition) is 4. The summed E-state index contributed by atoms with van der Waals surface area (Å²) in [5.41, 5.74) is 0.424. The van der Waals surface area contributed by atoms with Crippen molar-refractivity contribution >= 4 is 11.7 Å². The van der Waals surface area contributed by atoms with E-state index < -0.39 is 18.7 Å². The first kappa shape index (κ1) is 17.7. The van der Waals surface area contributed by atoms with Crippen LogP contribution in [0.25, 0.3) is 0 Å². The summed E-state index contributed by atoms with van der Waals surface area (Å²) in [4.78, 5) is 11.9. The summed E-state index contributed by atoms with van der Waals surface area (Å²) in [6.07, 6.45) is 0.924. The molecule has 1 heterocycles. The highest BCUT2D eigenvalue weighted by molar-refractivity contribution is 5.89. The number of aliphatic hydroxyl groups excluding tert-OH is 1. The van der Waals surface area contributed by atoms with Crippen molar-refractivity contribution in [2.45, 2.75) is 32.1 Å². The smallest absolute Gasteiger partial charge is 0.387 e. The molecule has 2 aromatic rings. The number of furan rings is 1. The lowest BCUT2D eigenvalue weighted by Crippen LogP contribution is -2.37. The van der Waals surface area contributed by atoms with E-state index in [9.17, 15) is 18.7 Å². The Balaban J connectivity index is 1.79. The van der Waals surface area contributed by atoms with Crippen LogP contribution in [0.1, 0.15) is 25.2 Å². The average Bonchev–Trinajstić information content (AvgIpc) is 3.02. The molecule has 0 aliphatic rings. The Morgan fingerprint density at radius 3 is 2.58 bits per heavy atom. The topological polar surface area (TPSA) is 83.7 Å². The number of carbonyl (C=O) groups is 1. The number of hydrogen-bond donors (Lipinski definition) is 3. The number of amides is 2. The van der Waals surface area contributed by atoms with Gasteiger partial charge in [-0.15, -0.1) is 0 Å². The predicted molar refractivity (Wildman–Crippen MR) is 83.0 cm³/mol. The van der Waals surface area contributed by atoms with E-state index in [4.69, 9.17) is 4.42 Å². The third-order valence-electron chi connectivity index (χ3n) is 3.16. The molecule has 24 heavy (non-hydrogen) atoms. The minimum absolute atomic E-state index is 0.00546. The molecule has 0 spiro atoms. The maximum atomic E-state index is 12.1. The Bertz CT molecular complexity index is 632. The Morgan fingerprint density at radius 1 is 1.29 bits per heavy atom. The van der Waals surface area contributed by atoms with Crippen LogP contribution >= 0.6 is 0 Å². The standard InChI is InChI=1S/C16H18F2N2O4/c1-10(9-13(21)14-3-2-8-23-14)19-16(22)20-11-4-6-12(7-5-11)24-15(17)18/h2-8,10,13,15,21H,9H2,1H3,(H2,19,20,22)/t10-,13+/m1/s1. The number of urea groups is 1. The Labute approximate surface area is 137 Å². The summed E-state index contributed by atoms with van der Waals surface area (Å²) in [5.74, 6) is 0.435. The molecule has 0 fully saturated rings. The van der Waals surface area contributed by atoms with Crippen molar-refractivity contribution in [2.75, 3.05) is 5.32 Å². The van der Waals surface area contributed by atoms with Gasteiger partial charge in [0.1, 0.15) is 17.6 Å². The SMILES string of the molecule is C[C@H](C[C@H](O)c1ccco1)NC(=O)Nc1ccc(OC(F)F)cc1. The molecule has 2 amide bonds. The van der Waals surface area contributed by atoms with E-state index in [2.05, 4.69) is 15.4 Å². The van der Waals surface area contributed by atoms with Gasteiger partial charge in [-0.05, 0) is 43.3 Å². The molecule has 1 aromatic heterocycles. The molecule has 2 rings (SSSR count). The van der Waals surface area contributed by atoms with Crippen molar-refractivity contribution in [2.24, 2.45) is 0 Å². The summed E-state index contributed by atoms with van der Waals surface area (Å²) in [7, 11) is 0. The monoisotopic (exact) mass is 340 g/mol. The fourth-order valence-corrected chi connectivity index (χ4v) is 2.10. The van der Waals surface area contributed by atoms with Gasteiger partial charge in [0.05, 0.1) is 6.26 Å². The Kier molecular flexibility index (Phi) is 6.14. The van der Waals surface area contributed by atoms with Gasteiger partial charge < -0.3 is 24.9 Å². The van der Waals surface area contributed by atoms with Crippen LogP contribution in [0.2, 0.25) is 0 Å².